The van der Waals surface area contributed by atoms with Crippen molar-refractivity contribution in [3.8, 4) is 0 Å². The van der Waals surface area contributed by atoms with Gasteiger partial charge in [0.15, 0.2) is 0 Å². The molecule has 204 valence electrons. The highest BCUT2D eigenvalue weighted by Crippen LogP contribution is 2.64. The summed E-state index contributed by atoms with van der Waals surface area (Å²) in [5, 5.41) is 2.50. The second kappa shape index (κ2) is 9.90. The van der Waals surface area contributed by atoms with Crippen molar-refractivity contribution in [1.29, 1.82) is 0 Å². The molecule has 2 aliphatic heterocycles. The van der Waals surface area contributed by atoms with E-state index in [0.29, 0.717) is 0 Å². The molecule has 4 heterocycles. The van der Waals surface area contributed by atoms with Gasteiger partial charge in [0, 0.05) is 46.8 Å². The van der Waals surface area contributed by atoms with E-state index in [-0.39, 0.29) is 23.2 Å². The zero-order chi connectivity index (χ0) is 28.0. The smallest absolute Gasteiger partial charge is 0.380 e. The van der Waals surface area contributed by atoms with Crippen molar-refractivity contribution in [3.05, 3.63) is 106 Å². The highest BCUT2D eigenvalue weighted by Gasteiger charge is 2.81. The third kappa shape index (κ3) is 4.25. The number of allylic oxidation sites excluding steroid dienone is 2. The van der Waals surface area contributed by atoms with Crippen molar-refractivity contribution in [1.82, 2.24) is 9.97 Å². The molecule has 2 aromatic rings. The Morgan fingerprint density at radius 2 is 1.08 bits per heavy atom. The molecule has 0 atom stereocenters. The zero-order valence-electron chi connectivity index (χ0n) is 20.1. The Balaban J connectivity index is 1.78. The maximum Gasteiger partial charge on any atom is 0.380 e. The summed E-state index contributed by atoms with van der Waals surface area (Å²) in [6.45, 7) is 0. The number of alkyl halides is 6. The summed E-state index contributed by atoms with van der Waals surface area (Å²) in [4.78, 5) is 8.24. The van der Waals surface area contributed by atoms with Gasteiger partial charge in [0.2, 0.25) is 0 Å². The van der Waals surface area contributed by atoms with Gasteiger partial charge in [-0.1, -0.05) is 12.1 Å². The van der Waals surface area contributed by atoms with Gasteiger partial charge in [0.1, 0.15) is 23.2 Å². The quantitative estimate of drug-likeness (QED) is 0.264. The lowest BCUT2D eigenvalue weighted by atomic mass is 9.93. The first kappa shape index (κ1) is 27.1. The molecule has 0 amide bonds. The average Bonchev–Trinajstić information content (AvgIpc) is 3.06. The van der Waals surface area contributed by atoms with Crippen LogP contribution in [0.15, 0.2) is 106 Å². The first-order chi connectivity index (χ1) is 18.5. The van der Waals surface area contributed by atoms with Gasteiger partial charge in [-0.2, -0.15) is 26.3 Å². The molecule has 0 N–H and O–H groups in total. The van der Waals surface area contributed by atoms with Gasteiger partial charge in [-0.3, -0.25) is 8.61 Å². The summed E-state index contributed by atoms with van der Waals surface area (Å²) in [6, 6.07) is 9.55. The molecule has 0 saturated carbocycles. The van der Waals surface area contributed by atoms with Crippen LogP contribution in [0.5, 0.6) is 0 Å². The van der Waals surface area contributed by atoms with Crippen molar-refractivity contribution < 1.29 is 35.8 Å². The Labute approximate surface area is 227 Å². The van der Waals surface area contributed by atoms with Gasteiger partial charge in [-0.05, 0) is 48.2 Å². The number of ether oxygens (including phenoxy) is 2. The second-order valence-electron chi connectivity index (χ2n) is 8.17. The molecule has 39 heavy (non-hydrogen) atoms. The topological polar surface area (TPSA) is 50.7 Å². The molecule has 0 saturated heterocycles. The van der Waals surface area contributed by atoms with E-state index >= 15 is 26.3 Å². The molecule has 14 heteroatoms. The molecule has 5 rings (SSSR count). The van der Waals surface area contributed by atoms with Gasteiger partial charge >= 0.3 is 17.8 Å². The monoisotopic (exact) mass is 584 g/mol. The van der Waals surface area contributed by atoms with Crippen molar-refractivity contribution in [2.75, 3.05) is 22.8 Å². The molecule has 0 fully saturated rings. The van der Waals surface area contributed by atoms with E-state index in [2.05, 4.69) is 9.97 Å². The van der Waals surface area contributed by atoms with E-state index in [1.807, 2.05) is 0 Å². The van der Waals surface area contributed by atoms with Crippen LogP contribution in [0, 0.1) is 0 Å². The SMILES string of the molecule is COC1=CSN(c2ccccn2)C=C1C1=C(C2=CN(c3ccccn3)SC=C2OC)C(F)(F)C(F)(F)C1(F)F. The second-order valence-corrected chi connectivity index (χ2v) is 9.85. The van der Waals surface area contributed by atoms with E-state index in [4.69, 9.17) is 9.47 Å². The number of aromatic nitrogens is 2. The van der Waals surface area contributed by atoms with Crippen LogP contribution in [0.2, 0.25) is 0 Å². The van der Waals surface area contributed by atoms with E-state index in [1.165, 1.54) is 44.0 Å². The van der Waals surface area contributed by atoms with E-state index in [9.17, 15) is 0 Å². The fourth-order valence-corrected chi connectivity index (χ4v) is 5.72. The third-order valence-corrected chi connectivity index (χ3v) is 7.64. The van der Waals surface area contributed by atoms with Crippen LogP contribution in [0.4, 0.5) is 38.0 Å². The van der Waals surface area contributed by atoms with E-state index in [1.54, 1.807) is 24.3 Å². The molecule has 2 aromatic heterocycles. The van der Waals surface area contributed by atoms with Crippen molar-refractivity contribution in [2.45, 2.75) is 17.8 Å². The lowest BCUT2D eigenvalue weighted by Crippen LogP contribution is -2.49. The fraction of sp³-hybridized carbons (Fsp3) is 0.200. The molecule has 0 aromatic carbocycles. The van der Waals surface area contributed by atoms with Crippen LogP contribution < -0.4 is 8.61 Å². The molecule has 6 nitrogen and oxygen atoms in total. The highest BCUT2D eigenvalue weighted by molar-refractivity contribution is 8.03. The number of hydrogen-bond acceptors (Lipinski definition) is 8. The van der Waals surface area contributed by atoms with Gasteiger partial charge in [0.25, 0.3) is 0 Å². The third-order valence-electron chi connectivity index (χ3n) is 5.97. The highest BCUT2D eigenvalue weighted by atomic mass is 32.2. The summed E-state index contributed by atoms with van der Waals surface area (Å²) in [6.07, 6.45) is 4.92. The molecule has 3 aliphatic rings. The Bertz CT molecular complexity index is 1320. The van der Waals surface area contributed by atoms with Crippen LogP contribution in [0.25, 0.3) is 0 Å². The minimum Gasteiger partial charge on any atom is -0.495 e. The van der Waals surface area contributed by atoms with E-state index in [0.717, 1.165) is 50.5 Å². The largest absolute Gasteiger partial charge is 0.495 e. The van der Waals surface area contributed by atoms with Crippen LogP contribution in [-0.2, 0) is 9.47 Å². The standard InChI is InChI=1S/C25H18F6N4O2S2/c1-36-17-13-38-34(19-7-3-5-9-32-19)11-15(17)21-22(24(28,29)25(30,31)23(21,26)27)16-12-35(39-14-18(16)37-2)20-8-4-6-10-33-20/h3-14H,1-2H3. The molecule has 0 radical (unpaired) electrons. The predicted molar refractivity (Wildman–Crippen MR) is 137 cm³/mol. The number of anilines is 2. The Kier molecular flexibility index (Phi) is 6.87. The van der Waals surface area contributed by atoms with Crippen LogP contribution in [-0.4, -0.2) is 42.0 Å². The number of nitrogens with zero attached hydrogens (tertiary/aromatic N) is 4. The number of rotatable bonds is 6. The molecule has 0 bridgehead atoms. The molecule has 0 unspecified atom stereocenters. The molecular formula is C25H18F6N4O2S2. The van der Waals surface area contributed by atoms with Crippen molar-refractivity contribution in [2.24, 2.45) is 0 Å². The van der Waals surface area contributed by atoms with Gasteiger partial charge in [-0.25, -0.2) is 9.97 Å². The number of pyridine rings is 2. The van der Waals surface area contributed by atoms with Crippen molar-refractivity contribution in [3.63, 3.8) is 0 Å². The minimum absolute atomic E-state index is 0.250. The normalized spacial score (nSPS) is 21.6. The number of halogens is 6. The fourth-order valence-electron chi connectivity index (χ4n) is 4.09. The molecule has 0 spiro atoms. The lowest BCUT2D eigenvalue weighted by Gasteiger charge is -2.28. The first-order valence-corrected chi connectivity index (χ1v) is 12.8. The van der Waals surface area contributed by atoms with Crippen LogP contribution >= 0.6 is 23.9 Å². The maximum absolute atomic E-state index is 15.6. The summed E-state index contributed by atoms with van der Waals surface area (Å²) in [7, 11) is 2.25. The van der Waals surface area contributed by atoms with E-state index < -0.39 is 40.1 Å². The Morgan fingerprint density at radius 3 is 1.41 bits per heavy atom. The van der Waals surface area contributed by atoms with Gasteiger partial charge < -0.3 is 9.47 Å². The molecular weight excluding hydrogens is 566 g/mol. The summed E-state index contributed by atoms with van der Waals surface area (Å²) in [5.74, 6) is -16.5. The predicted octanol–water partition coefficient (Wildman–Crippen LogP) is 7.07. The minimum atomic E-state index is -5.77. The zero-order valence-corrected chi connectivity index (χ0v) is 21.8. The van der Waals surface area contributed by atoms with Crippen molar-refractivity contribution >= 4 is 35.5 Å². The Hall–Kier alpha value is -3.52. The van der Waals surface area contributed by atoms with Crippen LogP contribution in [0.3, 0.4) is 0 Å². The number of methoxy groups -OCH3 is 2. The first-order valence-electron chi connectivity index (χ1n) is 11.1. The summed E-state index contributed by atoms with van der Waals surface area (Å²) < 4.78 is 105. The van der Waals surface area contributed by atoms with Gasteiger partial charge in [0.05, 0.1) is 25.4 Å². The maximum atomic E-state index is 15.6. The van der Waals surface area contributed by atoms with Crippen LogP contribution in [0.1, 0.15) is 0 Å². The molecule has 1 aliphatic carbocycles. The average molecular weight is 585 g/mol. The van der Waals surface area contributed by atoms with Gasteiger partial charge in [-0.15, -0.1) is 0 Å². The number of hydrogen-bond donors (Lipinski definition) is 0. The lowest BCUT2D eigenvalue weighted by molar-refractivity contribution is -0.264. The summed E-state index contributed by atoms with van der Waals surface area (Å²) in [5.41, 5.74) is -4.49. The Morgan fingerprint density at radius 1 is 0.667 bits per heavy atom. The summed E-state index contributed by atoms with van der Waals surface area (Å²) >= 11 is 1.89.